The SMILES string of the molecule is O=C1[C@H]2[C@H](CC=C3[C@H]2C[C@H]2C(=O)N(c4cccc(Cl)c4)C(=O)[C@@]2(c2ccccc2)[C@H]3c2ccccc2OCCO)C(=O)N1c1cccc([N+](=O)[O-])c1. The van der Waals surface area contributed by atoms with Crippen molar-refractivity contribution in [2.45, 2.75) is 24.2 Å². The molecule has 2 saturated heterocycles. The van der Waals surface area contributed by atoms with Gasteiger partial charge in [0.15, 0.2) is 0 Å². The minimum absolute atomic E-state index is 0.0225. The molecule has 11 nitrogen and oxygen atoms in total. The number of rotatable bonds is 8. The molecule has 0 aromatic heterocycles. The van der Waals surface area contributed by atoms with E-state index in [-0.39, 0.29) is 37.4 Å². The van der Waals surface area contributed by atoms with E-state index in [2.05, 4.69) is 0 Å². The summed E-state index contributed by atoms with van der Waals surface area (Å²) < 4.78 is 6.08. The van der Waals surface area contributed by atoms with Crippen LogP contribution in [0.4, 0.5) is 17.1 Å². The number of anilines is 2. The Kier molecular flexibility index (Phi) is 8.27. The third-order valence-electron chi connectivity index (χ3n) is 11.0. The van der Waals surface area contributed by atoms with Gasteiger partial charge in [-0.2, -0.15) is 0 Å². The van der Waals surface area contributed by atoms with Gasteiger partial charge in [-0.05, 0) is 54.7 Å². The number of aliphatic hydroxyl groups excluding tert-OH is 1. The predicted octanol–water partition coefficient (Wildman–Crippen LogP) is 5.99. The number of aliphatic hydroxyl groups is 1. The molecular weight excluding hydrogens is 686 g/mol. The van der Waals surface area contributed by atoms with Crippen LogP contribution in [0.25, 0.3) is 0 Å². The highest BCUT2D eigenvalue weighted by atomic mass is 35.5. The van der Waals surface area contributed by atoms with Gasteiger partial charge in [0.25, 0.3) is 5.69 Å². The van der Waals surface area contributed by atoms with Gasteiger partial charge in [-0.15, -0.1) is 0 Å². The quantitative estimate of drug-likeness (QED) is 0.101. The van der Waals surface area contributed by atoms with E-state index in [0.717, 1.165) is 10.5 Å². The van der Waals surface area contributed by atoms with Gasteiger partial charge < -0.3 is 9.84 Å². The molecule has 4 amide bonds. The normalized spacial score (nSPS) is 26.5. The van der Waals surface area contributed by atoms with Crippen LogP contribution in [-0.4, -0.2) is 46.9 Å². The molecule has 12 heteroatoms. The Balaban J connectivity index is 1.35. The summed E-state index contributed by atoms with van der Waals surface area (Å²) in [4.78, 5) is 72.2. The van der Waals surface area contributed by atoms with Gasteiger partial charge in [0.05, 0.1) is 46.1 Å². The van der Waals surface area contributed by atoms with Gasteiger partial charge in [0.2, 0.25) is 23.6 Å². The first-order valence-electron chi connectivity index (χ1n) is 17.0. The number of halogens is 1. The molecular formula is C40H32ClN3O8. The largest absolute Gasteiger partial charge is 0.491 e. The number of ether oxygens (including phenoxy) is 1. The van der Waals surface area contributed by atoms with Crippen LogP contribution in [0.1, 0.15) is 29.9 Å². The monoisotopic (exact) mass is 717 g/mol. The standard InChI is InChI=1S/C40H32ClN3O8/c41-24-10-6-11-25(20-24)43-37(47)32-22-31-28(16-17-30-34(31)38(48)42(36(30)46)26-12-7-13-27(21-26)44(50)51)35(29-14-4-5-15-33(29)52-19-18-45)40(32,39(43)49)23-8-2-1-3-9-23/h1-16,20-21,30-32,34-35,45H,17-19,22H2/t30-,31+,32-,34-,35+,40+/m0/s1. The zero-order valence-corrected chi connectivity index (χ0v) is 28.4. The zero-order chi connectivity index (χ0) is 36.3. The summed E-state index contributed by atoms with van der Waals surface area (Å²) >= 11 is 6.39. The molecule has 4 aromatic rings. The van der Waals surface area contributed by atoms with Crippen molar-refractivity contribution in [3.63, 3.8) is 0 Å². The Morgan fingerprint density at radius 1 is 0.827 bits per heavy atom. The van der Waals surface area contributed by atoms with E-state index in [9.17, 15) is 29.6 Å². The molecule has 0 radical (unpaired) electrons. The number of hydrogen-bond acceptors (Lipinski definition) is 8. The van der Waals surface area contributed by atoms with Crippen LogP contribution in [-0.2, 0) is 24.6 Å². The number of carbonyl (C=O) groups is 4. The van der Waals surface area contributed by atoms with Gasteiger partial charge >= 0.3 is 0 Å². The summed E-state index contributed by atoms with van der Waals surface area (Å²) in [7, 11) is 0. The van der Waals surface area contributed by atoms with Crippen molar-refractivity contribution in [3.05, 3.63) is 141 Å². The second-order valence-corrected chi connectivity index (χ2v) is 13.9. The van der Waals surface area contributed by atoms with Gasteiger partial charge in [0.1, 0.15) is 12.4 Å². The molecule has 52 heavy (non-hydrogen) atoms. The number of carbonyl (C=O) groups excluding carboxylic acids is 4. The number of non-ortho nitro benzene ring substituents is 1. The van der Waals surface area contributed by atoms with E-state index < -0.39 is 63.6 Å². The van der Waals surface area contributed by atoms with Crippen molar-refractivity contribution in [1.29, 1.82) is 0 Å². The molecule has 0 spiro atoms. The number of para-hydroxylation sites is 1. The molecule has 4 aliphatic rings. The van der Waals surface area contributed by atoms with Crippen molar-refractivity contribution in [2.24, 2.45) is 23.7 Å². The minimum Gasteiger partial charge on any atom is -0.491 e. The molecule has 8 rings (SSSR count). The number of nitro benzene ring substituents is 1. The highest BCUT2D eigenvalue weighted by Crippen LogP contribution is 2.65. The van der Waals surface area contributed by atoms with Crippen LogP contribution in [0.3, 0.4) is 0 Å². The summed E-state index contributed by atoms with van der Waals surface area (Å²) in [6, 6.07) is 28.3. The second-order valence-electron chi connectivity index (χ2n) is 13.5. The number of nitro groups is 1. The van der Waals surface area contributed by atoms with Crippen LogP contribution >= 0.6 is 11.6 Å². The first-order chi connectivity index (χ1) is 25.2. The number of benzene rings is 4. The molecule has 6 atom stereocenters. The molecule has 3 fully saturated rings. The summed E-state index contributed by atoms with van der Waals surface area (Å²) in [5.41, 5.74) is 0.604. The van der Waals surface area contributed by atoms with Gasteiger partial charge in [0, 0.05) is 28.6 Å². The number of hydrogen-bond donors (Lipinski definition) is 1. The molecule has 2 aliphatic carbocycles. The van der Waals surface area contributed by atoms with Crippen LogP contribution in [0.15, 0.2) is 115 Å². The zero-order valence-electron chi connectivity index (χ0n) is 27.6. The second kappa shape index (κ2) is 12.8. The number of fused-ring (bicyclic) bond motifs is 4. The number of imide groups is 2. The number of allylic oxidation sites excluding steroid dienone is 2. The van der Waals surface area contributed by atoms with E-state index in [1.807, 2.05) is 48.5 Å². The molecule has 1 saturated carbocycles. The van der Waals surface area contributed by atoms with Crippen molar-refractivity contribution in [3.8, 4) is 5.75 Å². The molecule has 1 N–H and O–H groups in total. The maximum Gasteiger partial charge on any atom is 0.271 e. The maximum absolute atomic E-state index is 15.4. The summed E-state index contributed by atoms with van der Waals surface area (Å²) in [6.07, 6.45) is 2.20. The van der Waals surface area contributed by atoms with Crippen molar-refractivity contribution in [1.82, 2.24) is 0 Å². The lowest BCUT2D eigenvalue weighted by Crippen LogP contribution is -2.53. The highest BCUT2D eigenvalue weighted by Gasteiger charge is 2.70. The lowest BCUT2D eigenvalue weighted by atomic mass is 9.49. The van der Waals surface area contributed by atoms with Gasteiger partial charge in [-0.3, -0.25) is 29.3 Å². The predicted molar refractivity (Wildman–Crippen MR) is 191 cm³/mol. The Morgan fingerprint density at radius 2 is 1.54 bits per heavy atom. The smallest absolute Gasteiger partial charge is 0.271 e. The maximum atomic E-state index is 15.4. The molecule has 0 bridgehead atoms. The molecule has 2 aliphatic heterocycles. The van der Waals surface area contributed by atoms with E-state index >= 15 is 4.79 Å². The summed E-state index contributed by atoms with van der Waals surface area (Å²) in [5, 5.41) is 21.7. The Morgan fingerprint density at radius 3 is 2.27 bits per heavy atom. The van der Waals surface area contributed by atoms with Crippen LogP contribution in [0.5, 0.6) is 5.75 Å². The van der Waals surface area contributed by atoms with E-state index in [1.165, 1.54) is 29.2 Å². The number of nitrogens with zero attached hydrogens (tertiary/aromatic N) is 3. The summed E-state index contributed by atoms with van der Waals surface area (Å²) in [5.74, 6) is -5.60. The number of amides is 4. The molecule has 262 valence electrons. The average Bonchev–Trinajstić information content (AvgIpc) is 3.55. The van der Waals surface area contributed by atoms with E-state index in [0.29, 0.717) is 27.6 Å². The lowest BCUT2D eigenvalue weighted by Gasteiger charge is -2.51. The fraction of sp³-hybridized carbons (Fsp3) is 0.250. The molecule has 0 unspecified atom stereocenters. The van der Waals surface area contributed by atoms with Crippen molar-refractivity contribution in [2.75, 3.05) is 23.0 Å². The van der Waals surface area contributed by atoms with E-state index in [4.69, 9.17) is 16.3 Å². The van der Waals surface area contributed by atoms with Crippen LogP contribution in [0, 0.1) is 33.8 Å². The Labute approximate surface area is 303 Å². The molecule has 4 aromatic carbocycles. The Bertz CT molecular complexity index is 2190. The fourth-order valence-corrected chi connectivity index (χ4v) is 9.28. The third kappa shape index (κ3) is 4.91. The molecule has 2 heterocycles. The first-order valence-corrected chi connectivity index (χ1v) is 17.4. The fourth-order valence-electron chi connectivity index (χ4n) is 9.09. The lowest BCUT2D eigenvalue weighted by molar-refractivity contribution is -0.384. The first kappa shape index (κ1) is 33.5. The Hall–Kier alpha value is -5.65. The van der Waals surface area contributed by atoms with Crippen molar-refractivity contribution < 1.29 is 33.9 Å². The topological polar surface area (TPSA) is 147 Å². The van der Waals surface area contributed by atoms with Gasteiger partial charge in [-0.1, -0.05) is 83.9 Å². The highest BCUT2D eigenvalue weighted by molar-refractivity contribution is 6.32. The average molecular weight is 718 g/mol. The minimum atomic E-state index is -1.50. The summed E-state index contributed by atoms with van der Waals surface area (Å²) in [6.45, 7) is -0.282. The third-order valence-corrected chi connectivity index (χ3v) is 11.3. The van der Waals surface area contributed by atoms with Crippen LogP contribution < -0.4 is 14.5 Å². The van der Waals surface area contributed by atoms with Gasteiger partial charge in [-0.25, -0.2) is 9.80 Å². The van der Waals surface area contributed by atoms with Crippen LogP contribution in [0.2, 0.25) is 5.02 Å². The van der Waals surface area contributed by atoms with Crippen molar-refractivity contribution >= 4 is 52.3 Å². The van der Waals surface area contributed by atoms with E-state index in [1.54, 1.807) is 36.4 Å².